The van der Waals surface area contributed by atoms with Gasteiger partial charge in [-0.3, -0.25) is 14.4 Å². The normalized spacial score (nSPS) is 31.5. The van der Waals surface area contributed by atoms with Gasteiger partial charge >= 0.3 is 11.9 Å². The Hall–Kier alpha value is -1.84. The predicted molar refractivity (Wildman–Crippen MR) is 117 cm³/mol. The molecule has 2 aliphatic rings. The van der Waals surface area contributed by atoms with Crippen LogP contribution >= 0.6 is 11.8 Å². The first kappa shape index (κ1) is 25.4. The first-order valence-electron chi connectivity index (χ1n) is 10.3. The van der Waals surface area contributed by atoms with E-state index < -0.39 is 40.7 Å². The lowest BCUT2D eigenvalue weighted by molar-refractivity contribution is -0.403. The Labute approximate surface area is 187 Å². The highest BCUT2D eigenvalue weighted by Gasteiger charge is 2.86. The fourth-order valence-electron chi connectivity index (χ4n) is 4.05. The zero-order chi connectivity index (χ0) is 23.4. The van der Waals surface area contributed by atoms with Gasteiger partial charge in [-0.25, -0.2) is 0 Å². The second-order valence-electron chi connectivity index (χ2n) is 8.35. The number of nitrogens with one attached hydrogen (secondary N) is 1. The lowest BCUT2D eigenvalue weighted by Gasteiger charge is -2.74. The molecular formula is C22H33NO7S. The fourth-order valence-corrected chi connectivity index (χ4v) is 5.51. The molecule has 1 saturated carbocycles. The number of rotatable bonds is 10. The van der Waals surface area contributed by atoms with E-state index in [0.717, 1.165) is 12.8 Å². The van der Waals surface area contributed by atoms with Crippen molar-refractivity contribution in [2.75, 3.05) is 12.4 Å². The Bertz CT molecular complexity index is 776. The van der Waals surface area contributed by atoms with Crippen LogP contribution < -0.4 is 5.32 Å². The number of hydrogen-bond donors (Lipinski definition) is 2. The Balaban J connectivity index is 2.17. The van der Waals surface area contributed by atoms with Gasteiger partial charge in [0.05, 0.1) is 0 Å². The average molecular weight is 456 g/mol. The van der Waals surface area contributed by atoms with Crippen LogP contribution in [0.5, 0.6) is 0 Å². The number of aliphatic hydroxyl groups excluding tert-OH is 1. The maximum atomic E-state index is 12.0. The molecule has 1 aliphatic carbocycles. The van der Waals surface area contributed by atoms with Crippen molar-refractivity contribution in [2.24, 2.45) is 0 Å². The number of esters is 2. The quantitative estimate of drug-likeness (QED) is 0.381. The summed E-state index contributed by atoms with van der Waals surface area (Å²) in [5.41, 5.74) is -0.611. The van der Waals surface area contributed by atoms with E-state index in [1.807, 2.05) is 0 Å². The molecule has 0 aromatic heterocycles. The molecule has 1 heterocycles. The number of thioether (sulfide) groups is 1. The van der Waals surface area contributed by atoms with Crippen LogP contribution in [0.1, 0.15) is 54.4 Å². The summed E-state index contributed by atoms with van der Waals surface area (Å²) in [4.78, 5) is 35.0. The third kappa shape index (κ3) is 5.15. The van der Waals surface area contributed by atoms with Crippen LogP contribution in [0.3, 0.4) is 0 Å². The first-order chi connectivity index (χ1) is 14.5. The van der Waals surface area contributed by atoms with Gasteiger partial charge in [-0.05, 0) is 33.6 Å². The van der Waals surface area contributed by atoms with Crippen molar-refractivity contribution in [3.8, 4) is 0 Å². The number of allylic oxidation sites excluding steroid dienone is 3. The van der Waals surface area contributed by atoms with Crippen LogP contribution in [0.2, 0.25) is 0 Å². The molecule has 1 aliphatic heterocycles. The van der Waals surface area contributed by atoms with Crippen LogP contribution in [0.25, 0.3) is 0 Å². The predicted octanol–water partition coefficient (Wildman–Crippen LogP) is 2.25. The molecule has 31 heavy (non-hydrogen) atoms. The Morgan fingerprint density at radius 2 is 1.77 bits per heavy atom. The minimum absolute atomic E-state index is 0.254. The molecule has 5 atom stereocenters. The molecule has 0 spiro atoms. The van der Waals surface area contributed by atoms with E-state index >= 15 is 0 Å². The SMILES string of the molecule is CC(=O)NC12C(SC/C=C(\C)CCC=C(C)C)OC1(COC(C)=O)C(O)C2OC(C)=O. The van der Waals surface area contributed by atoms with Crippen LogP contribution in [0.15, 0.2) is 23.3 Å². The van der Waals surface area contributed by atoms with Crippen molar-refractivity contribution in [3.05, 3.63) is 23.3 Å². The molecule has 2 fully saturated rings. The molecule has 0 bridgehead atoms. The van der Waals surface area contributed by atoms with Crippen molar-refractivity contribution in [3.63, 3.8) is 0 Å². The second kappa shape index (κ2) is 10.2. The first-order valence-corrected chi connectivity index (χ1v) is 11.4. The molecule has 0 radical (unpaired) electrons. The van der Waals surface area contributed by atoms with Crippen LogP contribution in [-0.4, -0.2) is 64.1 Å². The molecule has 174 valence electrons. The molecule has 5 unspecified atom stereocenters. The summed E-state index contributed by atoms with van der Waals surface area (Å²) in [5.74, 6) is -0.873. The molecule has 2 N–H and O–H groups in total. The van der Waals surface area contributed by atoms with Crippen LogP contribution in [-0.2, 0) is 28.6 Å². The maximum Gasteiger partial charge on any atom is 0.303 e. The average Bonchev–Trinajstić information content (AvgIpc) is 2.64. The summed E-state index contributed by atoms with van der Waals surface area (Å²) < 4.78 is 16.4. The molecular weight excluding hydrogens is 422 g/mol. The van der Waals surface area contributed by atoms with Gasteiger partial charge in [-0.2, -0.15) is 0 Å². The zero-order valence-electron chi connectivity index (χ0n) is 19.0. The Kier molecular flexibility index (Phi) is 8.35. The molecule has 2 rings (SSSR count). The Morgan fingerprint density at radius 1 is 1.10 bits per heavy atom. The lowest BCUT2D eigenvalue weighted by Crippen LogP contribution is -2.99. The highest BCUT2D eigenvalue weighted by Crippen LogP contribution is 2.61. The van der Waals surface area contributed by atoms with Crippen molar-refractivity contribution in [1.29, 1.82) is 0 Å². The van der Waals surface area contributed by atoms with Crippen molar-refractivity contribution in [2.45, 2.75) is 83.2 Å². The van der Waals surface area contributed by atoms with Crippen molar-refractivity contribution >= 4 is 29.6 Å². The zero-order valence-corrected chi connectivity index (χ0v) is 19.8. The number of hydrogen-bond acceptors (Lipinski definition) is 8. The minimum Gasteiger partial charge on any atom is -0.463 e. The van der Waals surface area contributed by atoms with E-state index in [4.69, 9.17) is 14.2 Å². The molecule has 0 aromatic rings. The minimum atomic E-state index is -1.36. The number of amides is 1. The van der Waals surface area contributed by atoms with E-state index in [1.54, 1.807) is 0 Å². The monoisotopic (exact) mass is 455 g/mol. The van der Waals surface area contributed by atoms with Gasteiger partial charge in [0.15, 0.2) is 17.2 Å². The largest absolute Gasteiger partial charge is 0.463 e. The van der Waals surface area contributed by atoms with Gasteiger partial charge in [-0.1, -0.05) is 23.3 Å². The number of fused-ring (bicyclic) bond motifs is 1. The van der Waals surface area contributed by atoms with Gasteiger partial charge in [0, 0.05) is 26.5 Å². The van der Waals surface area contributed by atoms with Gasteiger partial charge in [0.2, 0.25) is 5.91 Å². The van der Waals surface area contributed by atoms with Crippen LogP contribution in [0, 0.1) is 0 Å². The van der Waals surface area contributed by atoms with Gasteiger partial charge in [0.25, 0.3) is 0 Å². The third-order valence-electron chi connectivity index (χ3n) is 5.54. The molecule has 8 nitrogen and oxygen atoms in total. The van der Waals surface area contributed by atoms with Gasteiger partial charge < -0.3 is 24.6 Å². The Morgan fingerprint density at radius 3 is 2.32 bits per heavy atom. The van der Waals surface area contributed by atoms with E-state index in [2.05, 4.69) is 38.2 Å². The van der Waals surface area contributed by atoms with Crippen molar-refractivity contribution in [1.82, 2.24) is 5.32 Å². The number of carbonyl (C=O) groups is 3. The summed E-state index contributed by atoms with van der Waals surface area (Å²) in [7, 11) is 0. The van der Waals surface area contributed by atoms with E-state index in [-0.39, 0.29) is 12.5 Å². The molecule has 1 saturated heterocycles. The standard InChI is InChI=1S/C22H33NO7S/c1-13(2)8-7-9-14(3)10-11-31-20-22(23-15(4)24)19(29-17(6)26)18(27)21(22,30-20)12-28-16(5)25/h8,10,18-20,27H,7,9,11-12H2,1-6H3,(H,23,24)/b14-10+. The molecule has 1 amide bonds. The summed E-state index contributed by atoms with van der Waals surface area (Å²) in [6.07, 6.45) is 3.96. The van der Waals surface area contributed by atoms with E-state index in [9.17, 15) is 19.5 Å². The number of carbonyl (C=O) groups excluding carboxylic acids is 3. The highest BCUT2D eigenvalue weighted by atomic mass is 32.2. The smallest absolute Gasteiger partial charge is 0.303 e. The molecule has 0 aromatic carbocycles. The van der Waals surface area contributed by atoms with Crippen LogP contribution in [0.4, 0.5) is 0 Å². The van der Waals surface area contributed by atoms with Crippen molar-refractivity contribution < 1.29 is 33.7 Å². The topological polar surface area (TPSA) is 111 Å². The van der Waals surface area contributed by atoms with E-state index in [1.165, 1.54) is 43.7 Å². The van der Waals surface area contributed by atoms with E-state index in [0.29, 0.717) is 5.75 Å². The second-order valence-corrected chi connectivity index (χ2v) is 9.44. The summed E-state index contributed by atoms with van der Waals surface area (Å²) in [5, 5.41) is 13.5. The van der Waals surface area contributed by atoms with Gasteiger partial charge in [0.1, 0.15) is 18.1 Å². The fraction of sp³-hybridized carbons (Fsp3) is 0.682. The highest BCUT2D eigenvalue weighted by molar-refractivity contribution is 8.00. The maximum absolute atomic E-state index is 12.0. The number of aliphatic hydroxyl groups is 1. The number of ether oxygens (including phenoxy) is 3. The molecule has 9 heteroatoms. The lowest BCUT2D eigenvalue weighted by atomic mass is 9.54. The summed E-state index contributed by atoms with van der Waals surface area (Å²) in [6, 6.07) is 0. The summed E-state index contributed by atoms with van der Waals surface area (Å²) in [6.45, 7) is 9.77. The third-order valence-corrected chi connectivity index (χ3v) is 6.67. The summed E-state index contributed by atoms with van der Waals surface area (Å²) >= 11 is 1.43. The van der Waals surface area contributed by atoms with Gasteiger partial charge in [-0.15, -0.1) is 11.8 Å².